The number of nitrogens with one attached hydrogen (secondary N) is 3. The van der Waals surface area contributed by atoms with Crippen LogP contribution in [0.2, 0.25) is 0 Å². The van der Waals surface area contributed by atoms with E-state index in [-0.39, 0.29) is 18.3 Å². The largest absolute Gasteiger partial charge is 0.358 e. The standard InChI is InChI=1S/C17H19FN4O/c1-4-14-10(3)13-7-12(18)6-11(16(13)20-14)8-19-17(23)15-5-9(2)21-22-15/h5-7,20H,4,8H2,1-3H3,(H,19,23)(H,21,22). The summed E-state index contributed by atoms with van der Waals surface area (Å²) in [6.07, 6.45) is 0.848. The van der Waals surface area contributed by atoms with Crippen molar-refractivity contribution in [1.29, 1.82) is 0 Å². The fourth-order valence-electron chi connectivity index (χ4n) is 2.81. The van der Waals surface area contributed by atoms with Gasteiger partial charge in [-0.1, -0.05) is 6.92 Å². The molecule has 1 aromatic carbocycles. The Morgan fingerprint density at radius 3 is 2.74 bits per heavy atom. The number of halogens is 1. The molecule has 0 bridgehead atoms. The number of aryl methyl sites for hydroxylation is 3. The van der Waals surface area contributed by atoms with E-state index in [9.17, 15) is 9.18 Å². The first-order chi connectivity index (χ1) is 11.0. The Morgan fingerprint density at radius 2 is 2.09 bits per heavy atom. The van der Waals surface area contributed by atoms with Crippen LogP contribution in [0.15, 0.2) is 18.2 Å². The Morgan fingerprint density at radius 1 is 1.30 bits per heavy atom. The van der Waals surface area contributed by atoms with Crippen molar-refractivity contribution in [2.45, 2.75) is 33.7 Å². The van der Waals surface area contributed by atoms with Gasteiger partial charge in [0, 0.05) is 23.3 Å². The lowest BCUT2D eigenvalue weighted by Gasteiger charge is -2.06. The van der Waals surface area contributed by atoms with Gasteiger partial charge in [0.2, 0.25) is 0 Å². The van der Waals surface area contributed by atoms with Gasteiger partial charge in [-0.25, -0.2) is 4.39 Å². The highest BCUT2D eigenvalue weighted by Gasteiger charge is 2.14. The van der Waals surface area contributed by atoms with Crippen LogP contribution >= 0.6 is 0 Å². The summed E-state index contributed by atoms with van der Waals surface area (Å²) in [5.41, 5.74) is 4.88. The number of nitrogens with zero attached hydrogens (tertiary/aromatic N) is 1. The van der Waals surface area contributed by atoms with E-state index >= 15 is 0 Å². The number of hydrogen-bond acceptors (Lipinski definition) is 2. The van der Waals surface area contributed by atoms with Crippen molar-refractivity contribution in [2.75, 3.05) is 0 Å². The van der Waals surface area contributed by atoms with Crippen molar-refractivity contribution in [3.05, 3.63) is 52.2 Å². The van der Waals surface area contributed by atoms with E-state index in [4.69, 9.17) is 0 Å². The first kappa shape index (κ1) is 15.3. The van der Waals surface area contributed by atoms with Gasteiger partial charge >= 0.3 is 0 Å². The summed E-state index contributed by atoms with van der Waals surface area (Å²) in [6, 6.07) is 4.65. The molecule has 0 spiro atoms. The number of rotatable bonds is 4. The minimum absolute atomic E-state index is 0.238. The van der Waals surface area contributed by atoms with Gasteiger partial charge in [0.15, 0.2) is 0 Å². The third-order valence-electron chi connectivity index (χ3n) is 4.05. The lowest BCUT2D eigenvalue weighted by molar-refractivity contribution is 0.0946. The molecule has 0 aliphatic heterocycles. The minimum Gasteiger partial charge on any atom is -0.358 e. The molecule has 0 unspecified atom stereocenters. The molecule has 0 saturated carbocycles. The molecule has 0 aliphatic carbocycles. The number of carbonyl (C=O) groups is 1. The number of fused-ring (bicyclic) bond motifs is 1. The lowest BCUT2D eigenvalue weighted by Crippen LogP contribution is -2.23. The highest BCUT2D eigenvalue weighted by molar-refractivity contribution is 5.93. The number of H-pyrrole nitrogens is 2. The van der Waals surface area contributed by atoms with Gasteiger partial charge in [-0.05, 0) is 49.6 Å². The maximum absolute atomic E-state index is 13.9. The first-order valence-corrected chi connectivity index (χ1v) is 7.59. The molecule has 2 heterocycles. The summed E-state index contributed by atoms with van der Waals surface area (Å²) in [4.78, 5) is 15.4. The van der Waals surface area contributed by atoms with E-state index in [1.54, 1.807) is 6.07 Å². The van der Waals surface area contributed by atoms with E-state index in [0.717, 1.165) is 39.8 Å². The van der Waals surface area contributed by atoms with Crippen molar-refractivity contribution in [1.82, 2.24) is 20.5 Å². The van der Waals surface area contributed by atoms with Gasteiger partial charge in [0.25, 0.3) is 5.91 Å². The molecule has 0 radical (unpaired) electrons. The van der Waals surface area contributed by atoms with Crippen LogP contribution < -0.4 is 5.32 Å². The molecule has 5 nitrogen and oxygen atoms in total. The van der Waals surface area contributed by atoms with Crippen LogP contribution in [0, 0.1) is 19.7 Å². The number of amides is 1. The summed E-state index contributed by atoms with van der Waals surface area (Å²) in [6.45, 7) is 6.09. The predicted octanol–water partition coefficient (Wildman–Crippen LogP) is 3.14. The topological polar surface area (TPSA) is 73.6 Å². The second-order valence-corrected chi connectivity index (χ2v) is 5.69. The van der Waals surface area contributed by atoms with Crippen LogP contribution in [-0.2, 0) is 13.0 Å². The highest BCUT2D eigenvalue weighted by Crippen LogP contribution is 2.26. The number of benzene rings is 1. The second-order valence-electron chi connectivity index (χ2n) is 5.69. The van der Waals surface area contributed by atoms with Crippen molar-refractivity contribution in [3.8, 4) is 0 Å². The van der Waals surface area contributed by atoms with Gasteiger partial charge in [0.1, 0.15) is 11.5 Å². The Labute approximate surface area is 133 Å². The van der Waals surface area contributed by atoms with E-state index in [1.807, 2.05) is 13.8 Å². The summed E-state index contributed by atoms with van der Waals surface area (Å²) >= 11 is 0. The van der Waals surface area contributed by atoms with Crippen molar-refractivity contribution < 1.29 is 9.18 Å². The summed E-state index contributed by atoms with van der Waals surface area (Å²) in [5, 5.41) is 10.3. The maximum atomic E-state index is 13.9. The van der Waals surface area contributed by atoms with Crippen molar-refractivity contribution in [3.63, 3.8) is 0 Å². The molecule has 3 N–H and O–H groups in total. The first-order valence-electron chi connectivity index (χ1n) is 7.59. The fourth-order valence-corrected chi connectivity index (χ4v) is 2.81. The zero-order valence-corrected chi connectivity index (χ0v) is 13.4. The Bertz CT molecular complexity index is 878. The smallest absolute Gasteiger partial charge is 0.272 e. The van der Waals surface area contributed by atoms with E-state index < -0.39 is 0 Å². The van der Waals surface area contributed by atoms with Crippen LogP contribution in [0.1, 0.15) is 39.9 Å². The lowest BCUT2D eigenvalue weighted by atomic mass is 10.1. The highest BCUT2D eigenvalue weighted by atomic mass is 19.1. The molecule has 0 aliphatic rings. The van der Waals surface area contributed by atoms with E-state index in [0.29, 0.717) is 5.69 Å². The zero-order chi connectivity index (χ0) is 16.6. The van der Waals surface area contributed by atoms with Crippen LogP contribution in [0.5, 0.6) is 0 Å². The molecule has 2 aromatic heterocycles. The molecule has 0 atom stereocenters. The van der Waals surface area contributed by atoms with E-state index in [2.05, 4.69) is 27.4 Å². The second kappa shape index (κ2) is 5.87. The van der Waals surface area contributed by atoms with Crippen molar-refractivity contribution >= 4 is 16.8 Å². The van der Waals surface area contributed by atoms with Crippen LogP contribution in [0.4, 0.5) is 4.39 Å². The number of carbonyl (C=O) groups excluding carboxylic acids is 1. The number of aromatic nitrogens is 3. The SMILES string of the molecule is CCc1[nH]c2c(CNC(=O)c3cc(C)[nH]n3)cc(F)cc2c1C. The van der Waals surface area contributed by atoms with Crippen LogP contribution in [0.25, 0.3) is 10.9 Å². The minimum atomic E-state index is -0.304. The molecular formula is C17H19FN4O. The molecule has 0 fully saturated rings. The Hall–Kier alpha value is -2.63. The Kier molecular flexibility index (Phi) is 3.90. The van der Waals surface area contributed by atoms with Gasteiger partial charge in [-0.3, -0.25) is 9.89 Å². The number of hydrogen-bond donors (Lipinski definition) is 3. The summed E-state index contributed by atoms with van der Waals surface area (Å²) < 4.78 is 13.9. The average molecular weight is 314 g/mol. The third kappa shape index (κ3) is 2.84. The molecule has 120 valence electrons. The molecule has 0 saturated heterocycles. The van der Waals surface area contributed by atoms with Gasteiger partial charge in [-0.15, -0.1) is 0 Å². The van der Waals surface area contributed by atoms with Crippen molar-refractivity contribution in [2.24, 2.45) is 0 Å². The maximum Gasteiger partial charge on any atom is 0.272 e. The average Bonchev–Trinajstić information content (AvgIpc) is 3.09. The van der Waals surface area contributed by atoms with Crippen LogP contribution in [-0.4, -0.2) is 21.1 Å². The quantitative estimate of drug-likeness (QED) is 0.692. The van der Waals surface area contributed by atoms with Gasteiger partial charge in [0.05, 0.1) is 5.52 Å². The molecule has 1 amide bonds. The monoisotopic (exact) mass is 314 g/mol. The summed E-state index contributed by atoms with van der Waals surface area (Å²) in [5.74, 6) is -0.590. The van der Waals surface area contributed by atoms with E-state index in [1.165, 1.54) is 12.1 Å². The normalized spacial score (nSPS) is 11.1. The molecule has 6 heteroatoms. The molecular weight excluding hydrogens is 295 g/mol. The fraction of sp³-hybridized carbons (Fsp3) is 0.294. The Balaban J connectivity index is 1.89. The molecule has 3 rings (SSSR count). The molecule has 23 heavy (non-hydrogen) atoms. The molecule has 3 aromatic rings. The predicted molar refractivity (Wildman–Crippen MR) is 86.9 cm³/mol. The zero-order valence-electron chi connectivity index (χ0n) is 13.4. The van der Waals surface area contributed by atoms with Gasteiger partial charge < -0.3 is 10.3 Å². The summed E-state index contributed by atoms with van der Waals surface area (Å²) in [7, 11) is 0. The van der Waals surface area contributed by atoms with Gasteiger partial charge in [-0.2, -0.15) is 5.10 Å². The van der Waals surface area contributed by atoms with Crippen LogP contribution in [0.3, 0.4) is 0 Å². The third-order valence-corrected chi connectivity index (χ3v) is 4.05. The number of aromatic amines is 2.